The molecular formula is C26H19ClN2O4. The number of furan rings is 1. The van der Waals surface area contributed by atoms with Crippen molar-refractivity contribution in [2.75, 3.05) is 12.4 Å². The number of carbonyl (C=O) groups excluding carboxylic acids is 1. The Bertz CT molecular complexity index is 1570. The first kappa shape index (κ1) is 20.8. The number of hydrogen-bond acceptors (Lipinski definition) is 4. The molecule has 0 saturated heterocycles. The smallest absolute Gasteiger partial charge is 0.257 e. The van der Waals surface area contributed by atoms with Gasteiger partial charge in [-0.1, -0.05) is 48.0 Å². The van der Waals surface area contributed by atoms with Gasteiger partial charge in [-0.3, -0.25) is 9.59 Å². The van der Waals surface area contributed by atoms with E-state index in [2.05, 4.69) is 5.32 Å². The van der Waals surface area contributed by atoms with E-state index in [1.807, 2.05) is 48.5 Å². The zero-order valence-electron chi connectivity index (χ0n) is 17.7. The number of nitrogens with one attached hydrogen (secondary N) is 1. The third-order valence-corrected chi connectivity index (χ3v) is 5.86. The minimum absolute atomic E-state index is 0.229. The lowest BCUT2D eigenvalue weighted by Gasteiger charge is -2.12. The molecule has 0 aliphatic carbocycles. The number of ether oxygens (including phenoxy) is 1. The number of halogens is 1. The minimum Gasteiger partial charge on any atom is -0.495 e. The summed E-state index contributed by atoms with van der Waals surface area (Å²) < 4.78 is 12.9. The van der Waals surface area contributed by atoms with Crippen molar-refractivity contribution in [2.45, 2.75) is 6.54 Å². The van der Waals surface area contributed by atoms with E-state index >= 15 is 0 Å². The highest BCUT2D eigenvalue weighted by Crippen LogP contribution is 2.36. The fraction of sp³-hybridized carbons (Fsp3) is 0.0769. The van der Waals surface area contributed by atoms with E-state index in [1.165, 1.54) is 22.9 Å². The molecule has 0 radical (unpaired) electrons. The molecule has 0 atom stereocenters. The van der Waals surface area contributed by atoms with Crippen LogP contribution in [0.5, 0.6) is 5.75 Å². The van der Waals surface area contributed by atoms with Crippen LogP contribution in [0.1, 0.15) is 15.9 Å². The first-order chi connectivity index (χ1) is 16.0. The third-order valence-electron chi connectivity index (χ3n) is 5.49. The molecule has 2 aromatic heterocycles. The van der Waals surface area contributed by atoms with Crippen LogP contribution in [0, 0.1) is 0 Å². The molecule has 3 aromatic carbocycles. The van der Waals surface area contributed by atoms with Gasteiger partial charge >= 0.3 is 0 Å². The zero-order valence-corrected chi connectivity index (χ0v) is 18.4. The number of amides is 1. The Labute approximate surface area is 194 Å². The average molecular weight is 459 g/mol. The molecule has 0 aliphatic rings. The normalized spacial score (nSPS) is 11.1. The van der Waals surface area contributed by atoms with Crippen molar-refractivity contribution >= 4 is 45.1 Å². The van der Waals surface area contributed by atoms with E-state index in [1.54, 1.807) is 19.2 Å². The number of fused-ring (bicyclic) bond motifs is 3. The van der Waals surface area contributed by atoms with Crippen molar-refractivity contribution in [3.63, 3.8) is 0 Å². The van der Waals surface area contributed by atoms with Crippen molar-refractivity contribution in [3.05, 3.63) is 105 Å². The molecule has 1 amide bonds. The van der Waals surface area contributed by atoms with Gasteiger partial charge in [-0.25, -0.2) is 0 Å². The highest BCUT2D eigenvalue weighted by Gasteiger charge is 2.16. The van der Waals surface area contributed by atoms with Gasteiger partial charge in [-0.15, -0.1) is 0 Å². The number of methoxy groups -OCH3 is 1. The van der Waals surface area contributed by atoms with Crippen LogP contribution in [0.15, 0.2) is 88.2 Å². The largest absolute Gasteiger partial charge is 0.495 e. The monoisotopic (exact) mass is 458 g/mol. The van der Waals surface area contributed by atoms with Crippen LogP contribution in [0.2, 0.25) is 5.02 Å². The summed E-state index contributed by atoms with van der Waals surface area (Å²) in [6, 6.07) is 21.4. The molecule has 33 heavy (non-hydrogen) atoms. The zero-order chi connectivity index (χ0) is 22.9. The van der Waals surface area contributed by atoms with Crippen molar-refractivity contribution in [1.82, 2.24) is 4.57 Å². The van der Waals surface area contributed by atoms with E-state index in [0.717, 1.165) is 21.9 Å². The molecule has 5 aromatic rings. The molecule has 0 fully saturated rings. The molecule has 2 heterocycles. The number of benzene rings is 3. The standard InChI is InChI=1S/C26H19ClN2O4/c1-32-24-12-19-18-7-3-5-9-22(18)33-23(19)13-21(24)28-26(31)17-10-11-25(30)29(15-17)14-16-6-2-4-8-20(16)27/h2-13,15H,14H2,1H3,(H,28,31). The Kier molecular flexibility index (Phi) is 5.36. The summed E-state index contributed by atoms with van der Waals surface area (Å²) in [7, 11) is 1.54. The molecule has 0 aliphatic heterocycles. The number of nitrogens with zero attached hydrogens (tertiary/aromatic N) is 1. The molecule has 5 rings (SSSR count). The Morgan fingerprint density at radius 3 is 2.61 bits per heavy atom. The summed E-state index contributed by atoms with van der Waals surface area (Å²) >= 11 is 6.23. The van der Waals surface area contributed by atoms with Crippen molar-refractivity contribution in [2.24, 2.45) is 0 Å². The Hall–Kier alpha value is -4.03. The number of hydrogen-bond donors (Lipinski definition) is 1. The van der Waals surface area contributed by atoms with E-state index < -0.39 is 0 Å². The van der Waals surface area contributed by atoms with Crippen LogP contribution in [0.3, 0.4) is 0 Å². The molecular weight excluding hydrogens is 440 g/mol. The van der Waals surface area contributed by atoms with Crippen molar-refractivity contribution < 1.29 is 13.9 Å². The van der Waals surface area contributed by atoms with Gasteiger partial charge in [0, 0.05) is 34.1 Å². The second kappa shape index (κ2) is 8.48. The van der Waals surface area contributed by atoms with Crippen LogP contribution in [-0.4, -0.2) is 17.6 Å². The van der Waals surface area contributed by atoms with Gasteiger partial charge in [-0.05, 0) is 29.8 Å². The number of pyridine rings is 1. The number of para-hydroxylation sites is 1. The maximum Gasteiger partial charge on any atom is 0.257 e. The van der Waals surface area contributed by atoms with Gasteiger partial charge in [0.2, 0.25) is 0 Å². The predicted molar refractivity (Wildman–Crippen MR) is 129 cm³/mol. The number of rotatable bonds is 5. The Balaban J connectivity index is 1.47. The topological polar surface area (TPSA) is 73.5 Å². The van der Waals surface area contributed by atoms with Crippen LogP contribution < -0.4 is 15.6 Å². The predicted octanol–water partition coefficient (Wildman–Crippen LogP) is 5.71. The van der Waals surface area contributed by atoms with Crippen LogP contribution in [0.25, 0.3) is 21.9 Å². The summed E-state index contributed by atoms with van der Waals surface area (Å²) in [5, 5.41) is 5.29. The van der Waals surface area contributed by atoms with Crippen LogP contribution in [-0.2, 0) is 6.54 Å². The maximum absolute atomic E-state index is 13.0. The molecule has 164 valence electrons. The van der Waals surface area contributed by atoms with Gasteiger partial charge in [0.25, 0.3) is 11.5 Å². The molecule has 0 unspecified atom stereocenters. The summed E-state index contributed by atoms with van der Waals surface area (Å²) in [5.74, 6) is 0.128. The molecule has 0 spiro atoms. The van der Waals surface area contributed by atoms with E-state index in [0.29, 0.717) is 27.6 Å². The highest BCUT2D eigenvalue weighted by atomic mass is 35.5. The van der Waals surface area contributed by atoms with E-state index in [9.17, 15) is 9.59 Å². The summed E-state index contributed by atoms with van der Waals surface area (Å²) in [6.45, 7) is 0.258. The lowest BCUT2D eigenvalue weighted by Crippen LogP contribution is -2.22. The summed E-state index contributed by atoms with van der Waals surface area (Å²) in [6.07, 6.45) is 1.52. The van der Waals surface area contributed by atoms with Crippen LogP contribution in [0.4, 0.5) is 5.69 Å². The first-order valence-electron chi connectivity index (χ1n) is 10.3. The SMILES string of the molecule is COc1cc2c(cc1NC(=O)c1ccc(=O)n(Cc3ccccc3Cl)c1)oc1ccccc12. The van der Waals surface area contributed by atoms with Gasteiger partial charge in [-0.2, -0.15) is 0 Å². The average Bonchev–Trinajstić information content (AvgIpc) is 3.18. The van der Waals surface area contributed by atoms with Gasteiger partial charge in [0.15, 0.2) is 0 Å². The van der Waals surface area contributed by atoms with Crippen LogP contribution >= 0.6 is 11.6 Å². The Morgan fingerprint density at radius 2 is 1.79 bits per heavy atom. The minimum atomic E-state index is -0.378. The van der Waals surface area contributed by atoms with Crippen molar-refractivity contribution in [1.29, 1.82) is 0 Å². The molecule has 7 heteroatoms. The fourth-order valence-corrected chi connectivity index (χ4v) is 4.01. The number of carbonyl (C=O) groups is 1. The van der Waals surface area contributed by atoms with Gasteiger partial charge in [0.05, 0.1) is 24.9 Å². The lowest BCUT2D eigenvalue weighted by molar-refractivity contribution is 0.102. The number of anilines is 1. The molecule has 6 nitrogen and oxygen atoms in total. The first-order valence-corrected chi connectivity index (χ1v) is 10.7. The third kappa shape index (κ3) is 3.97. The Morgan fingerprint density at radius 1 is 1.00 bits per heavy atom. The maximum atomic E-state index is 13.0. The van der Waals surface area contributed by atoms with E-state index in [-0.39, 0.29) is 18.0 Å². The van der Waals surface area contributed by atoms with Gasteiger partial charge < -0.3 is 19.0 Å². The lowest BCUT2D eigenvalue weighted by atomic mass is 10.1. The summed E-state index contributed by atoms with van der Waals surface area (Å²) in [4.78, 5) is 25.4. The molecule has 0 bridgehead atoms. The molecule has 1 N–H and O–H groups in total. The highest BCUT2D eigenvalue weighted by molar-refractivity contribution is 6.31. The van der Waals surface area contributed by atoms with Crippen molar-refractivity contribution in [3.8, 4) is 5.75 Å². The second-order valence-electron chi connectivity index (χ2n) is 7.58. The molecule has 0 saturated carbocycles. The quantitative estimate of drug-likeness (QED) is 0.366. The number of aromatic nitrogens is 1. The fourth-order valence-electron chi connectivity index (χ4n) is 3.81. The van der Waals surface area contributed by atoms with E-state index in [4.69, 9.17) is 20.8 Å². The second-order valence-corrected chi connectivity index (χ2v) is 7.98. The van der Waals surface area contributed by atoms with Gasteiger partial charge in [0.1, 0.15) is 16.9 Å². The summed E-state index contributed by atoms with van der Waals surface area (Å²) in [5.41, 5.74) is 2.75.